The Hall–Kier alpha value is -1.14. The van der Waals surface area contributed by atoms with Gasteiger partial charge in [0.15, 0.2) is 0 Å². The van der Waals surface area contributed by atoms with Crippen LogP contribution in [0.15, 0.2) is 23.1 Å². The minimum absolute atomic E-state index is 0.0369. The predicted molar refractivity (Wildman–Crippen MR) is 77.2 cm³/mol. The van der Waals surface area contributed by atoms with Gasteiger partial charge in [0.05, 0.1) is 5.69 Å². The summed E-state index contributed by atoms with van der Waals surface area (Å²) < 4.78 is 40.3. The number of hydrogen-bond donors (Lipinski definition) is 2. The van der Waals surface area contributed by atoms with Gasteiger partial charge >= 0.3 is 0 Å². The molecule has 1 fully saturated rings. The van der Waals surface area contributed by atoms with E-state index in [1.54, 1.807) is 0 Å². The van der Waals surface area contributed by atoms with Gasteiger partial charge in [-0.15, -0.1) is 0 Å². The van der Waals surface area contributed by atoms with E-state index in [0.29, 0.717) is 6.54 Å². The van der Waals surface area contributed by atoms with Crippen LogP contribution in [0.5, 0.6) is 0 Å². The molecule has 0 aromatic heterocycles. The van der Waals surface area contributed by atoms with Crippen molar-refractivity contribution in [2.24, 2.45) is 5.41 Å². The number of nitrogens with one attached hydrogen (secondary N) is 1. The predicted octanol–water partition coefficient (Wildman–Crippen LogP) is 2.66. The second-order valence-electron chi connectivity index (χ2n) is 5.57. The highest BCUT2D eigenvalue weighted by molar-refractivity contribution is 7.89. The van der Waals surface area contributed by atoms with Gasteiger partial charge in [-0.25, -0.2) is 17.5 Å². The second kappa shape index (κ2) is 5.69. The van der Waals surface area contributed by atoms with Crippen LogP contribution in [0.3, 0.4) is 0 Å². The average molecular weight is 300 g/mol. The van der Waals surface area contributed by atoms with Crippen LogP contribution in [-0.4, -0.2) is 15.0 Å². The van der Waals surface area contributed by atoms with Crippen LogP contribution in [0, 0.1) is 11.2 Å². The molecule has 1 aromatic carbocycles. The van der Waals surface area contributed by atoms with Gasteiger partial charge in [0.2, 0.25) is 10.0 Å². The van der Waals surface area contributed by atoms with Crippen molar-refractivity contribution in [1.82, 2.24) is 4.72 Å². The zero-order chi connectivity index (χ0) is 14.8. The maximum Gasteiger partial charge on any atom is 0.242 e. The molecule has 0 atom stereocenters. The molecule has 1 saturated carbocycles. The van der Waals surface area contributed by atoms with Crippen molar-refractivity contribution in [3.63, 3.8) is 0 Å². The highest BCUT2D eigenvalue weighted by Gasteiger charge is 2.33. The smallest absolute Gasteiger partial charge is 0.242 e. The molecule has 0 bridgehead atoms. The van der Waals surface area contributed by atoms with Crippen LogP contribution in [0.4, 0.5) is 10.1 Å². The Morgan fingerprint density at radius 3 is 2.60 bits per heavy atom. The minimum Gasteiger partial charge on any atom is -0.398 e. The molecular formula is C14H21FN2O2S. The lowest BCUT2D eigenvalue weighted by atomic mass is 9.84. The van der Waals surface area contributed by atoms with Crippen molar-refractivity contribution < 1.29 is 12.8 Å². The molecule has 1 aromatic rings. The molecular weight excluding hydrogens is 279 g/mol. The third kappa shape index (κ3) is 3.12. The van der Waals surface area contributed by atoms with Gasteiger partial charge in [-0.1, -0.05) is 19.8 Å². The zero-order valence-corrected chi connectivity index (χ0v) is 12.5. The Kier molecular flexibility index (Phi) is 4.34. The van der Waals surface area contributed by atoms with Crippen molar-refractivity contribution in [3.8, 4) is 0 Å². The van der Waals surface area contributed by atoms with Gasteiger partial charge in [-0.3, -0.25) is 0 Å². The Morgan fingerprint density at radius 2 is 2.00 bits per heavy atom. The molecule has 20 heavy (non-hydrogen) atoms. The first kappa shape index (κ1) is 15.3. The Balaban J connectivity index is 2.17. The van der Waals surface area contributed by atoms with Crippen molar-refractivity contribution in [3.05, 3.63) is 24.0 Å². The summed E-state index contributed by atoms with van der Waals surface area (Å²) in [5.41, 5.74) is 5.74. The third-order valence-electron chi connectivity index (χ3n) is 4.32. The van der Waals surface area contributed by atoms with Crippen molar-refractivity contribution >= 4 is 15.7 Å². The van der Waals surface area contributed by atoms with Crippen LogP contribution in [0.2, 0.25) is 0 Å². The summed E-state index contributed by atoms with van der Waals surface area (Å²) >= 11 is 0. The fourth-order valence-electron chi connectivity index (χ4n) is 2.85. The second-order valence-corrected chi connectivity index (χ2v) is 7.30. The first-order valence-electron chi connectivity index (χ1n) is 6.93. The average Bonchev–Trinajstić information content (AvgIpc) is 2.89. The van der Waals surface area contributed by atoms with E-state index in [1.165, 1.54) is 6.07 Å². The normalized spacial score (nSPS) is 18.3. The van der Waals surface area contributed by atoms with Crippen molar-refractivity contribution in [1.29, 1.82) is 0 Å². The Morgan fingerprint density at radius 1 is 1.35 bits per heavy atom. The summed E-state index contributed by atoms with van der Waals surface area (Å²) in [4.78, 5) is -0.179. The molecule has 0 unspecified atom stereocenters. The molecule has 0 radical (unpaired) electrons. The van der Waals surface area contributed by atoms with Gasteiger partial charge < -0.3 is 5.73 Å². The largest absolute Gasteiger partial charge is 0.398 e. The standard InChI is InChI=1S/C14H21FN2O2S/c1-2-14(7-3-4-8-14)10-17-20(18,19)13-9-11(15)5-6-12(13)16/h5-6,9,17H,2-4,7-8,10,16H2,1H3. The number of anilines is 1. The summed E-state index contributed by atoms with van der Waals surface area (Å²) in [6, 6.07) is 3.39. The monoisotopic (exact) mass is 300 g/mol. The summed E-state index contributed by atoms with van der Waals surface area (Å²) in [6.07, 6.45) is 5.28. The first-order chi connectivity index (χ1) is 9.38. The minimum atomic E-state index is -3.76. The molecule has 0 aliphatic heterocycles. The summed E-state index contributed by atoms with van der Waals surface area (Å²) in [5, 5.41) is 0. The lowest BCUT2D eigenvalue weighted by molar-refractivity contribution is 0.285. The third-order valence-corrected chi connectivity index (χ3v) is 5.77. The number of nitrogens with two attached hydrogens (primary N) is 1. The summed E-state index contributed by atoms with van der Waals surface area (Å²) in [5.74, 6) is -0.606. The zero-order valence-electron chi connectivity index (χ0n) is 11.7. The maximum absolute atomic E-state index is 13.2. The fourth-order valence-corrected chi connectivity index (χ4v) is 4.14. The lowest BCUT2D eigenvalue weighted by Crippen LogP contribution is -2.35. The number of benzene rings is 1. The van der Waals surface area contributed by atoms with E-state index in [4.69, 9.17) is 5.73 Å². The van der Waals surface area contributed by atoms with E-state index in [-0.39, 0.29) is 16.0 Å². The SMILES string of the molecule is CCC1(CNS(=O)(=O)c2cc(F)ccc2N)CCCC1. The van der Waals surface area contributed by atoms with Crippen LogP contribution >= 0.6 is 0 Å². The fraction of sp³-hybridized carbons (Fsp3) is 0.571. The molecule has 1 aliphatic carbocycles. The molecule has 6 heteroatoms. The number of hydrogen-bond acceptors (Lipinski definition) is 3. The van der Waals surface area contributed by atoms with Crippen LogP contribution in [0.25, 0.3) is 0 Å². The number of sulfonamides is 1. The molecule has 4 nitrogen and oxygen atoms in total. The van der Waals surface area contributed by atoms with E-state index >= 15 is 0 Å². The van der Waals surface area contributed by atoms with Crippen LogP contribution in [0.1, 0.15) is 39.0 Å². The summed E-state index contributed by atoms with van der Waals surface area (Å²) in [7, 11) is -3.76. The molecule has 0 heterocycles. The van der Waals surface area contributed by atoms with Gasteiger partial charge in [0.1, 0.15) is 10.7 Å². The molecule has 0 saturated heterocycles. The molecule has 1 aliphatic rings. The van der Waals surface area contributed by atoms with E-state index in [2.05, 4.69) is 11.6 Å². The van der Waals surface area contributed by atoms with Crippen molar-refractivity contribution in [2.45, 2.75) is 43.9 Å². The number of halogens is 1. The van der Waals surface area contributed by atoms with E-state index in [9.17, 15) is 12.8 Å². The maximum atomic E-state index is 13.2. The summed E-state index contributed by atoms with van der Waals surface area (Å²) in [6.45, 7) is 2.47. The topological polar surface area (TPSA) is 72.2 Å². The van der Waals surface area contributed by atoms with Gasteiger partial charge in [-0.05, 0) is 42.9 Å². The van der Waals surface area contributed by atoms with Crippen molar-refractivity contribution in [2.75, 3.05) is 12.3 Å². The van der Waals surface area contributed by atoms with E-state index in [1.807, 2.05) is 0 Å². The number of nitrogen functional groups attached to an aromatic ring is 1. The Bertz CT molecular complexity index is 581. The van der Waals surface area contributed by atoms with E-state index in [0.717, 1.165) is 44.2 Å². The van der Waals surface area contributed by atoms with Crippen LogP contribution in [-0.2, 0) is 10.0 Å². The van der Waals surface area contributed by atoms with E-state index < -0.39 is 15.8 Å². The van der Waals surface area contributed by atoms with Gasteiger partial charge in [-0.2, -0.15) is 0 Å². The molecule has 2 rings (SSSR count). The number of rotatable bonds is 5. The molecule has 3 N–H and O–H groups in total. The Labute approximate surface area is 119 Å². The van der Waals surface area contributed by atoms with Gasteiger partial charge in [0.25, 0.3) is 0 Å². The quantitative estimate of drug-likeness (QED) is 0.821. The molecule has 0 amide bonds. The van der Waals surface area contributed by atoms with Crippen LogP contribution < -0.4 is 10.5 Å². The highest BCUT2D eigenvalue weighted by atomic mass is 32.2. The van der Waals surface area contributed by atoms with Gasteiger partial charge in [0, 0.05) is 6.54 Å². The lowest BCUT2D eigenvalue weighted by Gasteiger charge is -2.27. The molecule has 0 spiro atoms. The molecule has 112 valence electrons. The highest BCUT2D eigenvalue weighted by Crippen LogP contribution is 2.40. The first-order valence-corrected chi connectivity index (χ1v) is 8.42.